The number of nitrogens with zero attached hydrogens (tertiary/aromatic N) is 3. The van der Waals surface area contributed by atoms with Gasteiger partial charge in [-0.05, 0) is 48.3 Å². The summed E-state index contributed by atoms with van der Waals surface area (Å²) >= 11 is 1.21. The maximum atomic E-state index is 13.1. The number of aryl methyl sites for hydroxylation is 1. The third kappa shape index (κ3) is 2.66. The highest BCUT2D eigenvalue weighted by atomic mass is 32.1. The number of carbonyl (C=O) groups is 2. The third-order valence-electron chi connectivity index (χ3n) is 4.01. The van der Waals surface area contributed by atoms with Gasteiger partial charge in [0.2, 0.25) is 0 Å². The second kappa shape index (κ2) is 6.07. The molecule has 2 heterocycles. The number of fused-ring (bicyclic) bond motifs is 1. The summed E-state index contributed by atoms with van der Waals surface area (Å²) in [6.07, 6.45) is 1.68. The molecule has 0 aliphatic carbocycles. The number of aromatic nitrogens is 2. The highest BCUT2D eigenvalue weighted by Gasteiger charge is 2.35. The van der Waals surface area contributed by atoms with Gasteiger partial charge in [-0.1, -0.05) is 34.8 Å². The van der Waals surface area contributed by atoms with Crippen LogP contribution in [0.4, 0.5) is 5.69 Å². The molecule has 5 nitrogen and oxygen atoms in total. The van der Waals surface area contributed by atoms with E-state index in [1.165, 1.54) is 16.4 Å². The van der Waals surface area contributed by atoms with Crippen LogP contribution >= 0.6 is 11.5 Å². The van der Waals surface area contributed by atoms with E-state index in [9.17, 15) is 9.59 Å². The van der Waals surface area contributed by atoms with E-state index in [4.69, 9.17) is 0 Å². The molecular weight excluding hydrogens is 334 g/mol. The molecule has 6 heteroatoms. The van der Waals surface area contributed by atoms with E-state index in [1.54, 1.807) is 35.7 Å². The van der Waals surface area contributed by atoms with Crippen molar-refractivity contribution in [3.63, 3.8) is 0 Å². The van der Waals surface area contributed by atoms with Crippen LogP contribution in [0.15, 0.2) is 53.9 Å². The van der Waals surface area contributed by atoms with Crippen molar-refractivity contribution in [2.45, 2.75) is 6.92 Å². The van der Waals surface area contributed by atoms with Gasteiger partial charge in [-0.2, -0.15) is 0 Å². The number of amides is 2. The number of hydrogen-bond donors (Lipinski definition) is 0. The molecule has 0 bridgehead atoms. The topological polar surface area (TPSA) is 63.2 Å². The predicted octanol–water partition coefficient (Wildman–Crippen LogP) is 3.57. The van der Waals surface area contributed by atoms with Crippen LogP contribution in [0.3, 0.4) is 0 Å². The molecule has 0 atom stereocenters. The lowest BCUT2D eigenvalue weighted by Gasteiger charge is -2.28. The van der Waals surface area contributed by atoms with Crippen molar-refractivity contribution < 1.29 is 9.59 Å². The Labute approximate surface area is 148 Å². The summed E-state index contributed by atoms with van der Waals surface area (Å²) in [6.45, 7) is 1.92. The smallest absolute Gasteiger partial charge is 0.266 e. The number of hydrogen-bond acceptors (Lipinski definition) is 5. The second-order valence-corrected chi connectivity index (χ2v) is 6.33. The van der Waals surface area contributed by atoms with Crippen molar-refractivity contribution in [3.8, 4) is 0 Å². The molecule has 122 valence electrons. The number of imide groups is 1. The summed E-state index contributed by atoms with van der Waals surface area (Å²) in [7, 11) is 0. The normalized spacial score (nSPS) is 15.6. The molecule has 0 fully saturated rings. The quantitative estimate of drug-likeness (QED) is 0.525. The molecule has 2 aromatic carbocycles. The molecule has 0 saturated heterocycles. The van der Waals surface area contributed by atoms with Crippen LogP contribution in [0.25, 0.3) is 11.6 Å². The van der Waals surface area contributed by atoms with Gasteiger partial charge in [0.15, 0.2) is 0 Å². The van der Waals surface area contributed by atoms with Crippen LogP contribution in [-0.2, 0) is 4.79 Å². The molecule has 0 unspecified atom stereocenters. The van der Waals surface area contributed by atoms with Crippen LogP contribution < -0.4 is 4.90 Å². The number of rotatable bonds is 2. The van der Waals surface area contributed by atoms with E-state index in [-0.39, 0.29) is 11.8 Å². The lowest BCUT2D eigenvalue weighted by atomic mass is 9.92. The number of anilines is 1. The van der Waals surface area contributed by atoms with Gasteiger partial charge in [0, 0.05) is 16.5 Å². The minimum atomic E-state index is -0.359. The minimum Gasteiger partial charge on any atom is -0.268 e. The van der Waals surface area contributed by atoms with Crippen LogP contribution in [0, 0.1) is 6.92 Å². The van der Waals surface area contributed by atoms with Crippen LogP contribution in [0.2, 0.25) is 0 Å². The van der Waals surface area contributed by atoms with Crippen molar-refractivity contribution >= 4 is 40.7 Å². The molecule has 1 aromatic heterocycles. The first-order chi connectivity index (χ1) is 12.1. The minimum absolute atomic E-state index is 0.320. The Morgan fingerprint density at radius 2 is 1.80 bits per heavy atom. The Kier molecular flexibility index (Phi) is 3.74. The summed E-state index contributed by atoms with van der Waals surface area (Å²) in [5.74, 6) is -0.679. The van der Waals surface area contributed by atoms with Gasteiger partial charge in [-0.15, -0.1) is 5.10 Å². The number of benzene rings is 2. The molecule has 0 spiro atoms. The SMILES string of the molecule is Cc1cccc(N2C(=O)/C(=C\c3csnn3)c3ccccc3C2=O)c1. The molecule has 0 N–H and O–H groups in total. The second-order valence-electron chi connectivity index (χ2n) is 5.72. The van der Waals surface area contributed by atoms with E-state index >= 15 is 0 Å². The van der Waals surface area contributed by atoms with Gasteiger partial charge in [0.1, 0.15) is 0 Å². The Morgan fingerprint density at radius 1 is 1.00 bits per heavy atom. The predicted molar refractivity (Wildman–Crippen MR) is 97.2 cm³/mol. The summed E-state index contributed by atoms with van der Waals surface area (Å²) in [5.41, 5.74) is 3.69. The fourth-order valence-corrected chi connectivity index (χ4v) is 3.29. The van der Waals surface area contributed by atoms with E-state index in [0.29, 0.717) is 28.1 Å². The van der Waals surface area contributed by atoms with Gasteiger partial charge in [-0.25, -0.2) is 4.90 Å². The lowest BCUT2D eigenvalue weighted by molar-refractivity contribution is -0.112. The fraction of sp³-hybridized carbons (Fsp3) is 0.0526. The fourth-order valence-electron chi connectivity index (χ4n) is 2.88. The molecular formula is C19H13N3O2S. The highest BCUT2D eigenvalue weighted by Crippen LogP contribution is 2.33. The molecule has 2 amide bonds. The first-order valence-electron chi connectivity index (χ1n) is 7.69. The maximum absolute atomic E-state index is 13.1. The van der Waals surface area contributed by atoms with E-state index in [0.717, 1.165) is 5.56 Å². The Morgan fingerprint density at radius 3 is 2.52 bits per heavy atom. The first-order valence-corrected chi connectivity index (χ1v) is 8.52. The lowest BCUT2D eigenvalue weighted by Crippen LogP contribution is -2.41. The molecule has 0 radical (unpaired) electrons. The average Bonchev–Trinajstić information content (AvgIpc) is 3.12. The van der Waals surface area contributed by atoms with Crippen molar-refractivity contribution in [1.29, 1.82) is 0 Å². The van der Waals surface area contributed by atoms with E-state index in [1.807, 2.05) is 31.2 Å². The third-order valence-corrected chi connectivity index (χ3v) is 4.54. The summed E-state index contributed by atoms with van der Waals surface area (Å²) in [6, 6.07) is 14.5. The van der Waals surface area contributed by atoms with Gasteiger partial charge in [0.05, 0.1) is 17.0 Å². The zero-order valence-corrected chi connectivity index (χ0v) is 14.2. The Bertz CT molecular complexity index is 1010. The first kappa shape index (κ1) is 15.4. The van der Waals surface area contributed by atoms with Gasteiger partial charge in [0.25, 0.3) is 11.8 Å². The molecule has 1 aliphatic rings. The Hall–Kier alpha value is -3.12. The standard InChI is InChI=1S/C19H13N3O2S/c1-12-5-4-6-14(9-12)22-18(23)16-8-3-2-7-15(16)17(19(22)24)10-13-11-25-21-20-13/h2-11H,1H3/b17-10-. The summed E-state index contributed by atoms with van der Waals surface area (Å²) < 4.78 is 3.83. The molecule has 1 aliphatic heterocycles. The molecule has 3 aromatic rings. The van der Waals surface area contributed by atoms with Gasteiger partial charge in [-0.3, -0.25) is 9.59 Å². The zero-order chi connectivity index (χ0) is 17.4. The average molecular weight is 347 g/mol. The zero-order valence-electron chi connectivity index (χ0n) is 13.3. The summed E-state index contributed by atoms with van der Waals surface area (Å²) in [4.78, 5) is 27.3. The highest BCUT2D eigenvalue weighted by molar-refractivity contribution is 7.03. The summed E-state index contributed by atoms with van der Waals surface area (Å²) in [5, 5.41) is 5.75. The van der Waals surface area contributed by atoms with Crippen molar-refractivity contribution in [2.24, 2.45) is 0 Å². The van der Waals surface area contributed by atoms with Gasteiger partial charge < -0.3 is 0 Å². The van der Waals surface area contributed by atoms with Crippen LogP contribution in [-0.4, -0.2) is 21.4 Å². The maximum Gasteiger partial charge on any atom is 0.266 e. The number of carbonyl (C=O) groups excluding carboxylic acids is 2. The molecule has 4 rings (SSSR count). The monoisotopic (exact) mass is 347 g/mol. The molecule has 0 saturated carbocycles. The largest absolute Gasteiger partial charge is 0.268 e. The van der Waals surface area contributed by atoms with E-state index < -0.39 is 0 Å². The van der Waals surface area contributed by atoms with E-state index in [2.05, 4.69) is 9.59 Å². The van der Waals surface area contributed by atoms with Crippen LogP contribution in [0.1, 0.15) is 27.2 Å². The van der Waals surface area contributed by atoms with Crippen LogP contribution in [0.5, 0.6) is 0 Å². The van der Waals surface area contributed by atoms with Gasteiger partial charge >= 0.3 is 0 Å². The Balaban J connectivity index is 1.92. The van der Waals surface area contributed by atoms with Crippen molar-refractivity contribution in [2.75, 3.05) is 4.90 Å². The molecule has 25 heavy (non-hydrogen) atoms. The van der Waals surface area contributed by atoms with Crippen molar-refractivity contribution in [3.05, 3.63) is 76.3 Å². The van der Waals surface area contributed by atoms with Crippen molar-refractivity contribution in [1.82, 2.24) is 9.59 Å².